The van der Waals surface area contributed by atoms with Gasteiger partial charge in [-0.15, -0.1) is 0 Å². The van der Waals surface area contributed by atoms with E-state index >= 15 is 0 Å². The Labute approximate surface area is 123 Å². The molecule has 0 aromatic carbocycles. The van der Waals surface area contributed by atoms with Gasteiger partial charge in [0.1, 0.15) is 12.2 Å². The highest BCUT2D eigenvalue weighted by molar-refractivity contribution is 7.87. The molecule has 1 saturated heterocycles. The molecular weight excluding hydrogens is 302 g/mol. The molecule has 2 atom stereocenters. The maximum Gasteiger partial charge on any atom is 0.424 e. The maximum absolute atomic E-state index is 11.9. The Balaban J connectivity index is 1.82. The minimum absolute atomic E-state index is 0.00888. The summed E-state index contributed by atoms with van der Waals surface area (Å²) in [6.07, 6.45) is -1.05. The van der Waals surface area contributed by atoms with Gasteiger partial charge < -0.3 is 14.8 Å². The molecule has 0 radical (unpaired) electrons. The van der Waals surface area contributed by atoms with Crippen LogP contribution in [-0.4, -0.2) is 55.7 Å². The predicted molar refractivity (Wildman–Crippen MR) is 71.7 cm³/mol. The van der Waals surface area contributed by atoms with E-state index in [1.54, 1.807) is 20.8 Å². The van der Waals surface area contributed by atoms with Crippen LogP contribution < -0.4 is 10.0 Å². The van der Waals surface area contributed by atoms with Gasteiger partial charge in [-0.25, -0.2) is 9.59 Å². The molecular formula is C11H19N3O6S. The molecule has 1 heterocycles. The Morgan fingerprint density at radius 2 is 2.05 bits per heavy atom. The van der Waals surface area contributed by atoms with Gasteiger partial charge in [0.15, 0.2) is 0 Å². The molecule has 1 aliphatic heterocycles. The van der Waals surface area contributed by atoms with Gasteiger partial charge in [0.25, 0.3) is 0 Å². The Bertz CT molecular complexity index is 541. The number of ether oxygens (including phenoxy) is 2. The largest absolute Gasteiger partial charge is 0.447 e. The summed E-state index contributed by atoms with van der Waals surface area (Å²) < 4.78 is 36.5. The first-order valence-corrected chi connectivity index (χ1v) is 7.99. The zero-order valence-electron chi connectivity index (χ0n) is 12.1. The Morgan fingerprint density at radius 3 is 2.57 bits per heavy atom. The number of nitrogens with one attached hydrogen (secondary N) is 2. The quantitative estimate of drug-likeness (QED) is 0.750. The highest BCUT2D eigenvalue weighted by Gasteiger charge is 2.45. The molecule has 9 nitrogen and oxygen atoms in total. The summed E-state index contributed by atoms with van der Waals surface area (Å²) in [6.45, 7) is 5.24. The van der Waals surface area contributed by atoms with E-state index in [0.717, 1.165) is 0 Å². The SMILES string of the molecule is CC(C)(C)OC(=O)N[C@@H]1C[C@H]1NS(=O)(=O)N1CCOC1=O. The van der Waals surface area contributed by atoms with Gasteiger partial charge in [-0.3, -0.25) is 0 Å². The molecule has 2 amide bonds. The second-order valence-electron chi connectivity index (χ2n) is 5.90. The lowest BCUT2D eigenvalue weighted by Crippen LogP contribution is -2.44. The average Bonchev–Trinajstić information content (AvgIpc) is 2.83. The van der Waals surface area contributed by atoms with E-state index in [2.05, 4.69) is 14.8 Å². The van der Waals surface area contributed by atoms with Gasteiger partial charge in [-0.05, 0) is 27.2 Å². The van der Waals surface area contributed by atoms with Crippen molar-refractivity contribution in [3.63, 3.8) is 0 Å². The number of carbonyl (C=O) groups excluding carboxylic acids is 2. The van der Waals surface area contributed by atoms with Gasteiger partial charge in [-0.2, -0.15) is 17.4 Å². The molecule has 10 heteroatoms. The first kappa shape index (κ1) is 15.8. The molecule has 0 unspecified atom stereocenters. The van der Waals surface area contributed by atoms with Crippen molar-refractivity contribution >= 4 is 22.4 Å². The number of carbonyl (C=O) groups is 2. The molecule has 1 saturated carbocycles. The predicted octanol–water partition coefficient (Wildman–Crippen LogP) is -0.0614. The van der Waals surface area contributed by atoms with Crippen LogP contribution in [0.1, 0.15) is 27.2 Å². The van der Waals surface area contributed by atoms with Crippen LogP contribution in [0.2, 0.25) is 0 Å². The first-order chi connectivity index (χ1) is 9.58. The van der Waals surface area contributed by atoms with E-state index in [1.807, 2.05) is 0 Å². The fourth-order valence-corrected chi connectivity index (χ4v) is 3.13. The van der Waals surface area contributed by atoms with E-state index < -0.39 is 34.0 Å². The molecule has 0 spiro atoms. The Morgan fingerprint density at radius 1 is 1.38 bits per heavy atom. The van der Waals surface area contributed by atoms with Gasteiger partial charge in [0.05, 0.1) is 12.6 Å². The van der Waals surface area contributed by atoms with Gasteiger partial charge in [-0.1, -0.05) is 0 Å². The van der Waals surface area contributed by atoms with E-state index in [9.17, 15) is 18.0 Å². The van der Waals surface area contributed by atoms with E-state index in [1.165, 1.54) is 0 Å². The van der Waals surface area contributed by atoms with E-state index in [0.29, 0.717) is 10.7 Å². The van der Waals surface area contributed by atoms with Crippen LogP contribution in [0, 0.1) is 0 Å². The van der Waals surface area contributed by atoms with Crippen LogP contribution in [-0.2, 0) is 19.7 Å². The molecule has 2 rings (SSSR count). The smallest absolute Gasteiger partial charge is 0.424 e. The molecule has 1 aliphatic carbocycles. The number of cyclic esters (lactones) is 1. The topological polar surface area (TPSA) is 114 Å². The molecule has 2 fully saturated rings. The van der Waals surface area contributed by atoms with Crippen molar-refractivity contribution in [2.75, 3.05) is 13.2 Å². The summed E-state index contributed by atoms with van der Waals surface area (Å²) in [5.74, 6) is 0. The van der Waals surface area contributed by atoms with Crippen LogP contribution >= 0.6 is 0 Å². The first-order valence-electron chi connectivity index (χ1n) is 6.55. The number of amides is 2. The van der Waals surface area contributed by atoms with E-state index in [4.69, 9.17) is 4.74 Å². The summed E-state index contributed by atoms with van der Waals surface area (Å²) in [5.41, 5.74) is -0.618. The highest BCUT2D eigenvalue weighted by Crippen LogP contribution is 2.24. The third-order valence-electron chi connectivity index (χ3n) is 2.81. The fraction of sp³-hybridized carbons (Fsp3) is 0.818. The third kappa shape index (κ3) is 4.21. The van der Waals surface area contributed by atoms with Crippen molar-refractivity contribution in [3.05, 3.63) is 0 Å². The van der Waals surface area contributed by atoms with Crippen molar-refractivity contribution in [2.45, 2.75) is 44.9 Å². The molecule has 0 bridgehead atoms. The lowest BCUT2D eigenvalue weighted by Gasteiger charge is -2.20. The third-order valence-corrected chi connectivity index (χ3v) is 4.32. The molecule has 0 aromatic heterocycles. The summed E-state index contributed by atoms with van der Waals surface area (Å²) in [6, 6.07) is -0.788. The molecule has 2 N–H and O–H groups in total. The van der Waals surface area contributed by atoms with Crippen LogP contribution in [0.25, 0.3) is 0 Å². The molecule has 0 aromatic rings. The zero-order chi connectivity index (χ0) is 15.8. The number of rotatable bonds is 4. The normalized spacial score (nSPS) is 25.5. The minimum atomic E-state index is -3.93. The van der Waals surface area contributed by atoms with Crippen LogP contribution in [0.5, 0.6) is 0 Å². The van der Waals surface area contributed by atoms with Gasteiger partial charge in [0, 0.05) is 6.04 Å². The van der Waals surface area contributed by atoms with Crippen molar-refractivity contribution in [1.29, 1.82) is 0 Å². The average molecular weight is 321 g/mol. The van der Waals surface area contributed by atoms with Crippen LogP contribution in [0.4, 0.5) is 9.59 Å². The summed E-state index contributed by atoms with van der Waals surface area (Å²) in [4.78, 5) is 22.8. The Hall–Kier alpha value is -1.55. The summed E-state index contributed by atoms with van der Waals surface area (Å²) in [7, 11) is -3.93. The fourth-order valence-electron chi connectivity index (χ4n) is 1.80. The van der Waals surface area contributed by atoms with Gasteiger partial charge in [0.2, 0.25) is 0 Å². The summed E-state index contributed by atoms with van der Waals surface area (Å²) in [5, 5.41) is 2.56. The standard InChI is InChI=1S/C11H19N3O6S/c1-11(2,3)20-9(15)12-7-6-8(7)13-21(17,18)14-4-5-19-10(14)16/h7-8,13H,4-6H2,1-3H3,(H,12,15)/t7-,8-/m1/s1. The second kappa shape index (κ2) is 5.34. The lowest BCUT2D eigenvalue weighted by molar-refractivity contribution is 0.0522. The Kier molecular flexibility index (Phi) is 4.02. The van der Waals surface area contributed by atoms with Crippen LogP contribution in [0.15, 0.2) is 0 Å². The maximum atomic E-state index is 11.9. The van der Waals surface area contributed by atoms with Crippen molar-refractivity contribution in [2.24, 2.45) is 0 Å². The van der Waals surface area contributed by atoms with Crippen molar-refractivity contribution in [3.8, 4) is 0 Å². The van der Waals surface area contributed by atoms with E-state index in [-0.39, 0.29) is 19.2 Å². The highest BCUT2D eigenvalue weighted by atomic mass is 32.2. The molecule has 120 valence electrons. The molecule has 2 aliphatic rings. The monoisotopic (exact) mass is 321 g/mol. The second-order valence-corrected chi connectivity index (χ2v) is 7.53. The minimum Gasteiger partial charge on any atom is -0.447 e. The summed E-state index contributed by atoms with van der Waals surface area (Å²) >= 11 is 0. The number of hydrogen-bond acceptors (Lipinski definition) is 6. The lowest BCUT2D eigenvalue weighted by atomic mass is 10.2. The van der Waals surface area contributed by atoms with Crippen LogP contribution in [0.3, 0.4) is 0 Å². The van der Waals surface area contributed by atoms with Gasteiger partial charge >= 0.3 is 22.4 Å². The number of hydrogen-bond donors (Lipinski definition) is 2. The molecule has 21 heavy (non-hydrogen) atoms. The number of alkyl carbamates (subject to hydrolysis) is 1. The van der Waals surface area contributed by atoms with Crippen molar-refractivity contribution in [1.82, 2.24) is 14.3 Å². The van der Waals surface area contributed by atoms with Crippen molar-refractivity contribution < 1.29 is 27.5 Å². The number of nitrogens with zero attached hydrogens (tertiary/aromatic N) is 1. The zero-order valence-corrected chi connectivity index (χ0v) is 12.9.